The molecule has 0 unspecified atom stereocenters. The molecule has 1 aromatic carbocycles. The van der Waals surface area contributed by atoms with E-state index in [1.807, 2.05) is 34.6 Å². The quantitative estimate of drug-likeness (QED) is 0.644. The summed E-state index contributed by atoms with van der Waals surface area (Å²) in [6.07, 6.45) is 1.55. The fourth-order valence-corrected chi connectivity index (χ4v) is 2.47. The molecule has 0 aliphatic rings. The minimum absolute atomic E-state index is 0.0292. The van der Waals surface area contributed by atoms with E-state index in [1.54, 1.807) is 18.2 Å². The van der Waals surface area contributed by atoms with Gasteiger partial charge >= 0.3 is 0 Å². The van der Waals surface area contributed by atoms with Crippen LogP contribution in [-0.4, -0.2) is 27.2 Å². The molecular formula is C17H21ClN4O2S. The highest BCUT2D eigenvalue weighted by Gasteiger charge is 2.21. The van der Waals surface area contributed by atoms with Gasteiger partial charge in [0.05, 0.1) is 17.3 Å². The van der Waals surface area contributed by atoms with Gasteiger partial charge in [-0.1, -0.05) is 32.4 Å². The van der Waals surface area contributed by atoms with E-state index in [1.165, 1.54) is 6.21 Å². The molecule has 8 heteroatoms. The highest BCUT2D eigenvalue weighted by molar-refractivity contribution is 7.71. The van der Waals surface area contributed by atoms with Gasteiger partial charge in [0.1, 0.15) is 11.4 Å². The highest BCUT2D eigenvalue weighted by atomic mass is 35.5. The van der Waals surface area contributed by atoms with Gasteiger partial charge in [-0.3, -0.25) is 9.89 Å². The van der Waals surface area contributed by atoms with Gasteiger partial charge in [0.15, 0.2) is 0 Å². The van der Waals surface area contributed by atoms with Gasteiger partial charge in [-0.25, -0.2) is 0 Å². The number of H-pyrrole nitrogens is 1. The molecule has 0 aliphatic heterocycles. The Morgan fingerprint density at radius 1 is 1.40 bits per heavy atom. The molecule has 0 aliphatic carbocycles. The normalized spacial score (nSPS) is 12.1. The van der Waals surface area contributed by atoms with E-state index in [-0.39, 0.29) is 16.4 Å². The summed E-state index contributed by atoms with van der Waals surface area (Å²) in [6.45, 7) is 9.55. The predicted molar refractivity (Wildman–Crippen MR) is 103 cm³/mol. The molecule has 1 heterocycles. The van der Waals surface area contributed by atoms with Crippen LogP contribution in [0, 0.1) is 4.77 Å². The average Bonchev–Trinajstić information content (AvgIpc) is 2.48. The summed E-state index contributed by atoms with van der Waals surface area (Å²) in [6, 6.07) is 5.28. The van der Waals surface area contributed by atoms with Crippen molar-refractivity contribution in [2.75, 3.05) is 0 Å². The molecule has 0 amide bonds. The third kappa shape index (κ3) is 4.76. The zero-order chi connectivity index (χ0) is 18.8. The molecule has 0 radical (unpaired) electrons. The summed E-state index contributed by atoms with van der Waals surface area (Å²) in [5, 5.41) is 11.4. The lowest BCUT2D eigenvalue weighted by Crippen LogP contribution is -2.32. The lowest BCUT2D eigenvalue weighted by Gasteiger charge is -2.16. The van der Waals surface area contributed by atoms with Crippen molar-refractivity contribution in [1.29, 1.82) is 0 Å². The molecule has 0 saturated carbocycles. The zero-order valence-electron chi connectivity index (χ0n) is 14.8. The Kier molecular flexibility index (Phi) is 5.80. The van der Waals surface area contributed by atoms with Crippen molar-refractivity contribution in [2.24, 2.45) is 5.10 Å². The number of halogens is 1. The Bertz CT molecular complexity index is 910. The molecule has 134 valence electrons. The zero-order valence-corrected chi connectivity index (χ0v) is 16.4. The Morgan fingerprint density at radius 3 is 2.64 bits per heavy atom. The van der Waals surface area contributed by atoms with Gasteiger partial charge in [-0.2, -0.15) is 14.9 Å². The van der Waals surface area contributed by atoms with Crippen LogP contribution in [0.1, 0.15) is 45.9 Å². The van der Waals surface area contributed by atoms with E-state index in [0.717, 1.165) is 10.2 Å². The summed E-state index contributed by atoms with van der Waals surface area (Å²) >= 11 is 11.3. The number of aromatic amines is 1. The number of benzene rings is 1. The second kappa shape index (κ2) is 7.49. The van der Waals surface area contributed by atoms with Crippen molar-refractivity contribution in [2.45, 2.75) is 46.1 Å². The fourth-order valence-electron chi connectivity index (χ4n) is 2.06. The molecule has 0 fully saturated rings. The van der Waals surface area contributed by atoms with Gasteiger partial charge in [0.25, 0.3) is 5.56 Å². The molecule has 0 saturated heterocycles. The molecule has 6 nitrogen and oxygen atoms in total. The lowest BCUT2D eigenvalue weighted by molar-refractivity contribution is 0.242. The highest BCUT2D eigenvalue weighted by Crippen LogP contribution is 2.25. The van der Waals surface area contributed by atoms with Crippen LogP contribution < -0.4 is 10.3 Å². The minimum Gasteiger partial charge on any atom is -0.489 e. The summed E-state index contributed by atoms with van der Waals surface area (Å²) in [5.41, 5.74) is 0.305. The van der Waals surface area contributed by atoms with Crippen LogP contribution in [0.2, 0.25) is 5.02 Å². The first kappa shape index (κ1) is 19.3. The molecule has 2 aromatic rings. The van der Waals surface area contributed by atoms with Crippen molar-refractivity contribution in [1.82, 2.24) is 14.9 Å². The van der Waals surface area contributed by atoms with Gasteiger partial charge in [-0.05, 0) is 49.8 Å². The van der Waals surface area contributed by atoms with Crippen molar-refractivity contribution < 1.29 is 4.74 Å². The van der Waals surface area contributed by atoms with Gasteiger partial charge in [0, 0.05) is 5.41 Å². The maximum Gasteiger partial charge on any atom is 0.297 e. The van der Waals surface area contributed by atoms with Crippen molar-refractivity contribution in [3.63, 3.8) is 0 Å². The maximum absolute atomic E-state index is 12.6. The van der Waals surface area contributed by atoms with Crippen LogP contribution in [0.25, 0.3) is 0 Å². The van der Waals surface area contributed by atoms with Crippen LogP contribution in [0.4, 0.5) is 0 Å². The Balaban J connectivity index is 2.39. The van der Waals surface area contributed by atoms with Crippen LogP contribution in [-0.2, 0) is 5.41 Å². The maximum atomic E-state index is 12.6. The largest absolute Gasteiger partial charge is 0.489 e. The number of aromatic nitrogens is 3. The van der Waals surface area contributed by atoms with Crippen LogP contribution in [0.15, 0.2) is 28.1 Å². The smallest absolute Gasteiger partial charge is 0.297 e. The van der Waals surface area contributed by atoms with E-state index in [4.69, 9.17) is 28.6 Å². The number of nitrogens with one attached hydrogen (secondary N) is 1. The van der Waals surface area contributed by atoms with Gasteiger partial charge < -0.3 is 4.74 Å². The second-order valence-corrected chi connectivity index (χ2v) is 7.64. The monoisotopic (exact) mass is 380 g/mol. The topological polar surface area (TPSA) is 72.3 Å². The first-order chi connectivity index (χ1) is 11.6. The number of rotatable bonds is 4. The second-order valence-electron chi connectivity index (χ2n) is 6.85. The SMILES string of the molecule is CC(C)Oc1ccc(/C=N\n2c(=S)[nH]nc(C(C)(C)C)c2=O)cc1Cl. The summed E-state index contributed by atoms with van der Waals surface area (Å²) in [7, 11) is 0. The summed E-state index contributed by atoms with van der Waals surface area (Å²) in [4.78, 5) is 12.6. The Hall–Kier alpha value is -1.99. The average molecular weight is 381 g/mol. The molecule has 25 heavy (non-hydrogen) atoms. The molecule has 0 bridgehead atoms. The molecular weight excluding hydrogens is 360 g/mol. The minimum atomic E-state index is -0.424. The Morgan fingerprint density at radius 2 is 2.08 bits per heavy atom. The van der Waals surface area contributed by atoms with Crippen molar-refractivity contribution in [3.8, 4) is 5.75 Å². The number of nitrogens with zero attached hydrogens (tertiary/aromatic N) is 3. The van der Waals surface area contributed by atoms with Gasteiger partial charge in [-0.15, -0.1) is 0 Å². The fraction of sp³-hybridized carbons (Fsp3) is 0.412. The van der Waals surface area contributed by atoms with Crippen LogP contribution >= 0.6 is 23.8 Å². The molecule has 0 spiro atoms. The predicted octanol–water partition coefficient (Wildman–Crippen LogP) is 3.92. The van der Waals surface area contributed by atoms with E-state index in [2.05, 4.69) is 15.3 Å². The van der Waals surface area contributed by atoms with E-state index in [0.29, 0.717) is 16.5 Å². The van der Waals surface area contributed by atoms with E-state index in [9.17, 15) is 4.79 Å². The van der Waals surface area contributed by atoms with E-state index < -0.39 is 5.41 Å². The number of ether oxygens (including phenoxy) is 1. The van der Waals surface area contributed by atoms with Crippen molar-refractivity contribution in [3.05, 3.63) is 49.6 Å². The van der Waals surface area contributed by atoms with Crippen molar-refractivity contribution >= 4 is 30.0 Å². The molecule has 1 aromatic heterocycles. The lowest BCUT2D eigenvalue weighted by atomic mass is 9.93. The van der Waals surface area contributed by atoms with E-state index >= 15 is 0 Å². The summed E-state index contributed by atoms with van der Waals surface area (Å²) in [5.74, 6) is 0.599. The van der Waals surface area contributed by atoms with Gasteiger partial charge in [0.2, 0.25) is 4.77 Å². The third-order valence-corrected chi connectivity index (χ3v) is 3.76. The molecule has 0 atom stereocenters. The number of hydrogen-bond acceptors (Lipinski definition) is 5. The first-order valence-corrected chi connectivity index (χ1v) is 8.61. The Labute approximate surface area is 156 Å². The third-order valence-electron chi connectivity index (χ3n) is 3.20. The van der Waals surface area contributed by atoms with Crippen LogP contribution in [0.3, 0.4) is 0 Å². The number of hydrogen-bond donors (Lipinski definition) is 1. The van der Waals surface area contributed by atoms with Crippen LogP contribution in [0.5, 0.6) is 5.75 Å². The standard InChI is InChI=1S/C17H21ClN4O2S/c1-10(2)24-13-7-6-11(8-12(13)18)9-19-22-15(23)14(17(3,4)5)20-21-16(22)25/h6-10H,1-5H3,(H,21,25)/b19-9-. The summed E-state index contributed by atoms with van der Waals surface area (Å²) < 4.78 is 6.84. The molecule has 2 rings (SSSR count). The molecule has 1 N–H and O–H groups in total. The first-order valence-electron chi connectivity index (χ1n) is 7.82.